The van der Waals surface area contributed by atoms with Crippen molar-refractivity contribution in [1.29, 1.82) is 0 Å². The SMILES string of the molecule is C.Cc1ncc(-c2ccc3c(c2)c(C(=O)NS(C)(=O)=O)nn3CC(=O)N2C[C@H](F)C[C@H]2C(=O)Cc2cccc(Br)n2)cn1.Cc1ncc(-c2ccc3c(c2)c(C(=O)NS(C)(=O)=O)nn3CC(=O)O)cn1.S=S=S=S=S=S. The van der Waals surface area contributed by atoms with Crippen LogP contribution in [0.15, 0.2) is 84.0 Å². The van der Waals surface area contributed by atoms with Gasteiger partial charge in [0.15, 0.2) is 17.2 Å². The van der Waals surface area contributed by atoms with Gasteiger partial charge >= 0.3 is 5.97 Å². The van der Waals surface area contributed by atoms with E-state index >= 15 is 0 Å². The summed E-state index contributed by atoms with van der Waals surface area (Å²) >= 11 is 12.3. The van der Waals surface area contributed by atoms with Gasteiger partial charge in [0, 0.05) is 117 Å². The minimum atomic E-state index is -3.92. The van der Waals surface area contributed by atoms with E-state index in [0.717, 1.165) is 17.2 Å². The van der Waals surface area contributed by atoms with Gasteiger partial charge in [-0.15, -0.1) is 0 Å². The molecule has 8 rings (SSSR count). The van der Waals surface area contributed by atoms with Crippen molar-refractivity contribution >= 4 is 145 Å². The van der Waals surface area contributed by atoms with Crippen molar-refractivity contribution in [2.75, 3.05) is 19.1 Å². The molecule has 22 nitrogen and oxygen atoms in total. The third-order valence-electron chi connectivity index (χ3n) is 10.4. The number of aliphatic carboxylic acids is 1. The molecule has 0 unspecified atom stereocenters. The van der Waals surface area contributed by atoms with Gasteiger partial charge in [-0.25, -0.2) is 55.6 Å². The number of sulfonamides is 2. The highest BCUT2D eigenvalue weighted by Crippen LogP contribution is 2.29. The highest BCUT2D eigenvalue weighted by molar-refractivity contribution is 9.10. The number of alkyl halides is 1. The van der Waals surface area contributed by atoms with Crippen molar-refractivity contribution in [1.82, 2.24) is 58.8 Å². The summed E-state index contributed by atoms with van der Waals surface area (Å²) in [5.41, 5.74) is 3.44. The number of carbonyl (C=O) groups excluding carboxylic acids is 4. The molecule has 0 saturated carbocycles. The summed E-state index contributed by atoms with van der Waals surface area (Å²) in [6, 6.07) is 14.1. The number of hydrogen-bond donors (Lipinski definition) is 3. The first-order valence-electron chi connectivity index (χ1n) is 21.3. The number of benzene rings is 2. The van der Waals surface area contributed by atoms with E-state index in [-0.39, 0.29) is 49.4 Å². The largest absolute Gasteiger partial charge is 0.480 e. The molecule has 5 aromatic heterocycles. The number of likely N-dealkylation sites (tertiary alicyclic amines) is 1. The predicted molar refractivity (Wildman–Crippen MR) is 300 cm³/mol. The summed E-state index contributed by atoms with van der Waals surface area (Å²) in [5, 5.41) is 17.9. The zero-order valence-corrected chi connectivity index (χ0v) is 47.4. The summed E-state index contributed by atoms with van der Waals surface area (Å²) in [7, 11) is -2.09. The molecule has 6 heterocycles. The van der Waals surface area contributed by atoms with Crippen LogP contribution in [0.5, 0.6) is 0 Å². The van der Waals surface area contributed by atoms with Crippen LogP contribution in [0.25, 0.3) is 44.1 Å². The number of hydrogen-bond acceptors (Lipinski definition) is 18. The molecule has 2 atom stereocenters. The van der Waals surface area contributed by atoms with E-state index in [0.29, 0.717) is 60.6 Å². The van der Waals surface area contributed by atoms with Gasteiger partial charge in [-0.3, -0.25) is 33.3 Å². The van der Waals surface area contributed by atoms with Crippen molar-refractivity contribution in [2.24, 2.45) is 0 Å². The lowest BCUT2D eigenvalue weighted by Gasteiger charge is -2.23. The van der Waals surface area contributed by atoms with E-state index in [1.54, 1.807) is 93.2 Å². The summed E-state index contributed by atoms with van der Waals surface area (Å²) in [5.74, 6) is -2.83. The van der Waals surface area contributed by atoms with E-state index in [1.807, 2.05) is 9.44 Å². The fraction of sp³-hybridized carbons (Fsp3) is 0.273. The maximum absolute atomic E-state index is 14.5. The van der Waals surface area contributed by atoms with Crippen LogP contribution in [-0.4, -0.2) is 132 Å². The number of carboxylic acids is 1. The molecule has 0 bridgehead atoms. The van der Waals surface area contributed by atoms with Gasteiger partial charge in [0.25, 0.3) is 11.8 Å². The molecule has 2 aromatic carbocycles. The Morgan fingerprint density at radius 2 is 1.20 bits per heavy atom. The van der Waals surface area contributed by atoms with Crippen LogP contribution < -0.4 is 9.44 Å². The van der Waals surface area contributed by atoms with Crippen LogP contribution in [0.4, 0.5) is 4.39 Å². The van der Waals surface area contributed by atoms with Gasteiger partial charge in [-0.05, 0) is 77.3 Å². The molecule has 3 N–H and O–H groups in total. The molecular weight excluding hydrogens is 1210 g/mol. The van der Waals surface area contributed by atoms with Crippen molar-refractivity contribution in [3.05, 3.63) is 113 Å². The number of nitrogens with zero attached hydrogens (tertiary/aromatic N) is 10. The van der Waals surface area contributed by atoms with E-state index in [4.69, 9.17) is 5.11 Å². The summed E-state index contributed by atoms with van der Waals surface area (Å²) in [6.07, 6.45) is 6.52. The number of fused-ring (bicyclic) bond motifs is 2. The molecule has 32 heteroatoms. The summed E-state index contributed by atoms with van der Waals surface area (Å²) in [6.45, 7) is 2.33. The Kier molecular flexibility index (Phi) is 21.4. The Balaban J connectivity index is 0.000000269. The van der Waals surface area contributed by atoms with E-state index < -0.39 is 69.0 Å². The Morgan fingerprint density at radius 3 is 1.62 bits per heavy atom. The first kappa shape index (κ1) is 60.7. The molecule has 0 spiro atoms. The number of carbonyl (C=O) groups is 5. The van der Waals surface area contributed by atoms with E-state index in [1.165, 1.54) is 45.1 Å². The molecule has 1 saturated heterocycles. The number of carboxylic acid groups (broad SMARTS) is 1. The van der Waals surface area contributed by atoms with Gasteiger partial charge in [0.2, 0.25) is 26.0 Å². The monoisotopic (exact) mass is 1250 g/mol. The molecule has 3 amide bonds. The summed E-state index contributed by atoms with van der Waals surface area (Å²) < 4.78 is 67.5. The smallest absolute Gasteiger partial charge is 0.325 e. The molecule has 76 heavy (non-hydrogen) atoms. The lowest BCUT2D eigenvalue weighted by Crippen LogP contribution is -2.43. The molecule has 0 aliphatic carbocycles. The molecule has 7 aromatic rings. The number of aryl methyl sites for hydroxylation is 2. The topological polar surface area (TPSA) is 301 Å². The third-order valence-corrected chi connectivity index (χ3v) is 18.7. The first-order chi connectivity index (χ1) is 35.4. The maximum Gasteiger partial charge on any atom is 0.325 e. The minimum absolute atomic E-state index is 0. The Bertz CT molecular complexity index is 3770. The number of amides is 3. The van der Waals surface area contributed by atoms with Gasteiger partial charge in [0.05, 0.1) is 42.6 Å². The molecular formula is C44H44BrFN12O10S8. The third kappa shape index (κ3) is 16.7. The van der Waals surface area contributed by atoms with Crippen molar-refractivity contribution in [3.63, 3.8) is 0 Å². The first-order valence-corrected chi connectivity index (χ1v) is 32.5. The van der Waals surface area contributed by atoms with Crippen LogP contribution in [0, 0.1) is 13.8 Å². The second-order valence-corrected chi connectivity index (χ2v) is 27.5. The second-order valence-electron chi connectivity index (χ2n) is 16.1. The zero-order chi connectivity index (χ0) is 54.8. The highest BCUT2D eigenvalue weighted by Gasteiger charge is 2.40. The zero-order valence-electron chi connectivity index (χ0n) is 39.3. The number of Topliss-reactive ketones (excluding diaryl/α,β-unsaturated/α-hetero) is 1. The van der Waals surface area contributed by atoms with Gasteiger partial charge < -0.3 is 10.0 Å². The number of pyridine rings is 1. The average Bonchev–Trinajstić information content (AvgIpc) is 4.03. The van der Waals surface area contributed by atoms with Crippen molar-refractivity contribution < 1.29 is 50.3 Å². The molecule has 402 valence electrons. The van der Waals surface area contributed by atoms with Crippen LogP contribution in [-0.2, 0) is 112 Å². The number of halogens is 2. The Hall–Kier alpha value is -6.13. The molecule has 1 fully saturated rings. The molecule has 1 aliphatic heterocycles. The van der Waals surface area contributed by atoms with Crippen molar-refractivity contribution in [2.45, 2.75) is 59.4 Å². The van der Waals surface area contributed by atoms with E-state index in [2.05, 4.69) is 73.4 Å². The number of ketones is 1. The fourth-order valence-electron chi connectivity index (χ4n) is 7.39. The van der Waals surface area contributed by atoms with Gasteiger partial charge in [0.1, 0.15) is 35.5 Å². The number of nitrogens with one attached hydrogen (secondary N) is 2. The molecule has 0 radical (unpaired) electrons. The lowest BCUT2D eigenvalue weighted by atomic mass is 10.0. The Morgan fingerprint density at radius 1 is 0.737 bits per heavy atom. The van der Waals surface area contributed by atoms with Crippen LogP contribution >= 0.6 is 15.9 Å². The normalized spacial score (nSPS) is 13.9. The maximum atomic E-state index is 14.5. The van der Waals surface area contributed by atoms with Gasteiger partial charge in [-0.2, -0.15) is 10.2 Å². The number of aromatic nitrogens is 9. The standard InChI is InChI=1S/C27H25BrFN7O5S.C16H15N5O5S.CH4.S6/c1-15-30-11-17(12-31-15)16-6-7-21-20(8-16)26(27(39)34-42(2,40)41)33-36(21)14-25(38)35-13-18(29)9-22(35)23(37)10-19-4-3-5-24(28)32-19;1-9-17-6-11(7-18-9)10-3-4-13-12(5-10)15(16(24)20-27(2,25)26)19-21(13)8-14(22)23;;1-3-5-6-4-2/h3-8,11-12,18,22H,9-10,13-14H2,1-2H3,(H,34,39);3-7H,8H2,1-2H3,(H,20,24)(H,22,23);1H4;/t18-,22+;;;/m1.../s1. The summed E-state index contributed by atoms with van der Waals surface area (Å²) in [4.78, 5) is 84.9. The fourth-order valence-corrected chi connectivity index (χ4v) is 14.1. The van der Waals surface area contributed by atoms with Crippen LogP contribution in [0.1, 0.15) is 52.2 Å². The van der Waals surface area contributed by atoms with Crippen molar-refractivity contribution in [3.8, 4) is 22.3 Å². The second kappa shape index (κ2) is 26.8. The highest BCUT2D eigenvalue weighted by atomic mass is 79.9. The quantitative estimate of drug-likeness (QED) is 0.139. The van der Waals surface area contributed by atoms with Gasteiger partial charge in [-0.1, -0.05) is 25.6 Å². The van der Waals surface area contributed by atoms with Crippen LogP contribution in [0.2, 0.25) is 0 Å². The predicted octanol–water partition coefficient (Wildman–Crippen LogP) is 3.60. The lowest BCUT2D eigenvalue weighted by molar-refractivity contribution is -0.138. The van der Waals surface area contributed by atoms with Crippen LogP contribution in [0.3, 0.4) is 0 Å². The minimum Gasteiger partial charge on any atom is -0.480 e. The molecule has 1 aliphatic rings. The Labute approximate surface area is 464 Å². The average molecular weight is 1260 g/mol. The van der Waals surface area contributed by atoms with E-state index in [9.17, 15) is 45.2 Å². The number of rotatable bonds is 13.